The van der Waals surface area contributed by atoms with Crippen LogP contribution in [0.5, 0.6) is 11.5 Å². The summed E-state index contributed by atoms with van der Waals surface area (Å²) in [5, 5.41) is 90.5. The van der Waals surface area contributed by atoms with Gasteiger partial charge < -0.3 is 79.1 Å². The quantitative estimate of drug-likeness (QED) is 0.0771. The number of methoxy groups -OCH3 is 1. The van der Waals surface area contributed by atoms with E-state index in [0.29, 0.717) is 0 Å². The third-order valence-corrected chi connectivity index (χ3v) is 8.29. The van der Waals surface area contributed by atoms with E-state index in [1.54, 1.807) is 0 Å². The first-order valence-corrected chi connectivity index (χ1v) is 14.9. The average Bonchev–Trinajstić information content (AvgIpc) is 3.09. The minimum atomic E-state index is -1.78. The van der Waals surface area contributed by atoms with Gasteiger partial charge in [0.05, 0.1) is 38.8 Å². The molecule has 9 N–H and O–H groups in total. The molecule has 3 aliphatic heterocycles. The molecule has 1 aromatic carbocycles. The third-order valence-electron chi connectivity index (χ3n) is 8.29. The summed E-state index contributed by atoms with van der Waals surface area (Å²) >= 11 is 0. The van der Waals surface area contributed by atoms with E-state index in [1.165, 1.54) is 24.3 Å². The second-order valence-corrected chi connectivity index (χ2v) is 11.2. The SMILES string of the molecule is C=C[C@H]1[C@H](O[C@@H]2O[C@H](CO)[C@@H](O)[C@H](O)[C@H]2O)OC=C(C(=O)OC)[C@H]1CCOC(=O)c1cccc(O[C@@H]2O[C@H](CO)[C@@H](O)[C@H](O)[C@H]2O)c1O. The van der Waals surface area contributed by atoms with Gasteiger partial charge in [0.1, 0.15) is 54.4 Å². The molecular weight excluding hydrogens is 648 g/mol. The molecular formula is C30H40O18. The van der Waals surface area contributed by atoms with E-state index in [1.807, 2.05) is 0 Å². The lowest BCUT2D eigenvalue weighted by molar-refractivity contribution is -0.339. The van der Waals surface area contributed by atoms with Gasteiger partial charge in [0.25, 0.3) is 0 Å². The number of carbonyl (C=O) groups is 2. The molecule has 18 heteroatoms. The number of esters is 2. The normalized spacial score (nSPS) is 36.7. The van der Waals surface area contributed by atoms with E-state index in [-0.39, 0.29) is 29.9 Å². The van der Waals surface area contributed by atoms with Crippen molar-refractivity contribution in [3.8, 4) is 11.5 Å². The molecule has 3 aliphatic rings. The van der Waals surface area contributed by atoms with Crippen LogP contribution in [0, 0.1) is 11.8 Å². The molecule has 0 aromatic heterocycles. The molecule has 0 amide bonds. The molecule has 13 atom stereocenters. The maximum absolute atomic E-state index is 13.0. The number of rotatable bonds is 12. The van der Waals surface area contributed by atoms with Crippen LogP contribution in [0.15, 0.2) is 42.7 Å². The lowest BCUT2D eigenvalue weighted by atomic mass is 9.82. The van der Waals surface area contributed by atoms with Crippen LogP contribution in [0.3, 0.4) is 0 Å². The summed E-state index contributed by atoms with van der Waals surface area (Å²) < 4.78 is 37.6. The Morgan fingerprint density at radius 2 is 1.46 bits per heavy atom. The zero-order chi connectivity index (χ0) is 35.3. The minimum absolute atomic E-state index is 0.0184. The van der Waals surface area contributed by atoms with Gasteiger partial charge in [-0.25, -0.2) is 9.59 Å². The van der Waals surface area contributed by atoms with E-state index in [2.05, 4.69) is 6.58 Å². The van der Waals surface area contributed by atoms with Gasteiger partial charge in [0.15, 0.2) is 17.8 Å². The fourth-order valence-corrected chi connectivity index (χ4v) is 5.52. The zero-order valence-electron chi connectivity index (χ0n) is 25.6. The molecule has 268 valence electrons. The van der Waals surface area contributed by atoms with Crippen LogP contribution < -0.4 is 4.74 Å². The van der Waals surface area contributed by atoms with Crippen molar-refractivity contribution in [1.29, 1.82) is 0 Å². The van der Waals surface area contributed by atoms with Crippen molar-refractivity contribution in [3.05, 3.63) is 48.3 Å². The fraction of sp³-hybridized carbons (Fsp3) is 0.600. The molecule has 0 radical (unpaired) electrons. The standard InChI is InChI=1S/C30H40O18/c1-3-12-13(15(26(40)42-2)11-44-28(12)48-30-25(39)23(37)21(35)18(10-32)47-30)7-8-43-27(41)14-5-4-6-16(19(14)33)45-29-24(38)22(36)20(34)17(9-31)46-29/h3-6,11-13,17-18,20-25,28-39H,1,7-10H2,2H3/t12-,13+,17-,18-,20-,21-,22+,23+,24-,25-,28+,29-,30+/m1/s1. The molecule has 0 saturated carbocycles. The number of para-hydroxylation sites is 1. The third kappa shape index (κ3) is 7.74. The maximum atomic E-state index is 13.0. The summed E-state index contributed by atoms with van der Waals surface area (Å²) in [5.74, 6) is -4.54. The smallest absolute Gasteiger partial charge is 0.342 e. The van der Waals surface area contributed by atoms with Gasteiger partial charge >= 0.3 is 11.9 Å². The van der Waals surface area contributed by atoms with Crippen molar-refractivity contribution >= 4 is 11.9 Å². The average molecular weight is 689 g/mol. The van der Waals surface area contributed by atoms with Gasteiger partial charge in [-0.3, -0.25) is 0 Å². The number of aliphatic hydroxyl groups excluding tert-OH is 8. The van der Waals surface area contributed by atoms with Crippen molar-refractivity contribution < 1.29 is 88.7 Å². The lowest BCUT2D eigenvalue weighted by Gasteiger charge is -2.43. The molecule has 0 bridgehead atoms. The molecule has 2 saturated heterocycles. The van der Waals surface area contributed by atoms with Crippen LogP contribution in [0.4, 0.5) is 0 Å². The Morgan fingerprint density at radius 1 is 0.854 bits per heavy atom. The second-order valence-electron chi connectivity index (χ2n) is 11.2. The molecule has 4 rings (SSSR count). The number of phenols is 1. The van der Waals surface area contributed by atoms with Crippen LogP contribution in [0.25, 0.3) is 0 Å². The molecule has 3 heterocycles. The molecule has 18 nitrogen and oxygen atoms in total. The lowest BCUT2D eigenvalue weighted by Crippen LogP contribution is -2.60. The van der Waals surface area contributed by atoms with E-state index in [0.717, 1.165) is 13.4 Å². The number of aliphatic hydroxyl groups is 8. The Bertz CT molecular complexity index is 1300. The van der Waals surface area contributed by atoms with Crippen molar-refractivity contribution in [2.24, 2.45) is 11.8 Å². The van der Waals surface area contributed by atoms with Crippen LogP contribution in [0.2, 0.25) is 0 Å². The molecule has 0 unspecified atom stereocenters. The van der Waals surface area contributed by atoms with E-state index in [4.69, 9.17) is 33.2 Å². The molecule has 0 aliphatic carbocycles. The van der Waals surface area contributed by atoms with Crippen LogP contribution in [0.1, 0.15) is 16.8 Å². The number of hydrogen-bond donors (Lipinski definition) is 9. The minimum Gasteiger partial charge on any atom is -0.504 e. The summed E-state index contributed by atoms with van der Waals surface area (Å²) in [6, 6.07) is 3.76. The topological polar surface area (TPSA) is 281 Å². The van der Waals surface area contributed by atoms with Gasteiger partial charge in [-0.05, 0) is 18.6 Å². The van der Waals surface area contributed by atoms with Crippen LogP contribution in [-0.2, 0) is 33.2 Å². The van der Waals surface area contributed by atoms with Gasteiger partial charge in [0.2, 0.25) is 12.6 Å². The Balaban J connectivity index is 1.45. The Labute approximate surface area is 273 Å². The monoisotopic (exact) mass is 688 g/mol. The molecule has 1 aromatic rings. The van der Waals surface area contributed by atoms with E-state index >= 15 is 0 Å². The van der Waals surface area contributed by atoms with E-state index < -0.39 is 110 Å². The highest BCUT2D eigenvalue weighted by molar-refractivity contribution is 5.93. The van der Waals surface area contributed by atoms with Gasteiger partial charge in [0, 0.05) is 11.8 Å². The highest BCUT2D eigenvalue weighted by Gasteiger charge is 2.48. The summed E-state index contributed by atoms with van der Waals surface area (Å²) in [5.41, 5.74) is -0.346. The first kappa shape index (κ1) is 37.4. The van der Waals surface area contributed by atoms with Crippen molar-refractivity contribution in [3.63, 3.8) is 0 Å². The first-order chi connectivity index (χ1) is 22.9. The number of ether oxygens (including phenoxy) is 7. The Morgan fingerprint density at radius 3 is 2.04 bits per heavy atom. The number of carbonyl (C=O) groups excluding carboxylic acids is 2. The number of hydrogen-bond acceptors (Lipinski definition) is 18. The summed E-state index contributed by atoms with van der Waals surface area (Å²) in [6.07, 6.45) is -14.9. The number of aromatic hydroxyl groups is 1. The van der Waals surface area contributed by atoms with Gasteiger partial charge in [-0.2, -0.15) is 0 Å². The first-order valence-electron chi connectivity index (χ1n) is 14.9. The number of phenolic OH excluding ortho intramolecular Hbond substituents is 1. The second kappa shape index (κ2) is 16.3. The Kier molecular flexibility index (Phi) is 12.7. The maximum Gasteiger partial charge on any atom is 0.342 e. The van der Waals surface area contributed by atoms with Crippen molar-refractivity contribution in [1.82, 2.24) is 0 Å². The highest BCUT2D eigenvalue weighted by Crippen LogP contribution is 2.38. The summed E-state index contributed by atoms with van der Waals surface area (Å²) in [6.45, 7) is 2.01. The molecule has 48 heavy (non-hydrogen) atoms. The van der Waals surface area contributed by atoms with Crippen molar-refractivity contribution in [2.45, 2.75) is 74.1 Å². The predicted octanol–water partition coefficient (Wildman–Crippen LogP) is -3.23. The molecule has 2 fully saturated rings. The zero-order valence-corrected chi connectivity index (χ0v) is 25.6. The predicted molar refractivity (Wildman–Crippen MR) is 154 cm³/mol. The largest absolute Gasteiger partial charge is 0.504 e. The highest BCUT2D eigenvalue weighted by atomic mass is 16.8. The number of benzene rings is 1. The Hall–Kier alpha value is -3.40. The van der Waals surface area contributed by atoms with Crippen LogP contribution >= 0.6 is 0 Å². The molecule has 0 spiro atoms. The van der Waals surface area contributed by atoms with E-state index in [9.17, 15) is 55.5 Å². The fourth-order valence-electron chi connectivity index (χ4n) is 5.52. The van der Waals surface area contributed by atoms with Crippen molar-refractivity contribution in [2.75, 3.05) is 26.9 Å². The summed E-state index contributed by atoms with van der Waals surface area (Å²) in [7, 11) is 1.14. The van der Waals surface area contributed by atoms with Gasteiger partial charge in [-0.15, -0.1) is 6.58 Å². The summed E-state index contributed by atoms with van der Waals surface area (Å²) in [4.78, 5) is 25.6. The van der Waals surface area contributed by atoms with Gasteiger partial charge in [-0.1, -0.05) is 12.1 Å². The van der Waals surface area contributed by atoms with Crippen LogP contribution in [-0.4, -0.2) is 153 Å².